The normalized spacial score (nSPS) is 13.6. The van der Waals surface area contributed by atoms with Crippen LogP contribution in [0.2, 0.25) is 0 Å². The zero-order valence-electron chi connectivity index (χ0n) is 9.69. The summed E-state index contributed by atoms with van der Waals surface area (Å²) in [5, 5.41) is 0. The van der Waals surface area contributed by atoms with E-state index in [-0.39, 0.29) is 19.8 Å². The molecule has 0 spiro atoms. The van der Waals surface area contributed by atoms with E-state index in [1.54, 1.807) is 20.8 Å². The molecule has 0 fully saturated rings. The SMILES string of the molecule is CCOC(=O)[C@@H](C)P(=O)(OCC)OCC. The quantitative estimate of drug-likeness (QED) is 0.502. The highest BCUT2D eigenvalue weighted by atomic mass is 31.2. The molecule has 0 rings (SSSR count). The van der Waals surface area contributed by atoms with E-state index >= 15 is 0 Å². The molecule has 0 unspecified atom stereocenters. The standard InChI is InChI=1S/C9H19O5P/c1-5-12-9(10)8(4)15(11,13-6-2)14-7-3/h8H,5-7H2,1-4H3/t8-/m1/s1. The molecule has 0 aliphatic rings. The lowest BCUT2D eigenvalue weighted by molar-refractivity contribution is -0.142. The van der Waals surface area contributed by atoms with Crippen molar-refractivity contribution in [3.05, 3.63) is 0 Å². The number of carbonyl (C=O) groups is 1. The molecule has 1 atom stereocenters. The van der Waals surface area contributed by atoms with Crippen molar-refractivity contribution in [2.24, 2.45) is 0 Å². The Bertz CT molecular complexity index is 231. The Morgan fingerprint density at radius 3 is 1.93 bits per heavy atom. The Morgan fingerprint density at radius 1 is 1.13 bits per heavy atom. The van der Waals surface area contributed by atoms with Gasteiger partial charge in [0, 0.05) is 0 Å². The van der Waals surface area contributed by atoms with E-state index in [4.69, 9.17) is 13.8 Å². The first-order chi connectivity index (χ1) is 7.01. The molecule has 0 aromatic heterocycles. The van der Waals surface area contributed by atoms with Gasteiger partial charge in [-0.15, -0.1) is 0 Å². The van der Waals surface area contributed by atoms with E-state index in [1.807, 2.05) is 0 Å². The van der Waals surface area contributed by atoms with E-state index < -0.39 is 19.2 Å². The predicted octanol–water partition coefficient (Wildman–Crippen LogP) is 2.20. The minimum atomic E-state index is -3.37. The molecule has 0 aliphatic carbocycles. The van der Waals surface area contributed by atoms with E-state index in [0.717, 1.165) is 0 Å². The van der Waals surface area contributed by atoms with Gasteiger partial charge in [0.1, 0.15) is 0 Å². The van der Waals surface area contributed by atoms with Crippen LogP contribution in [0.25, 0.3) is 0 Å². The second-order valence-corrected chi connectivity index (χ2v) is 5.17. The molecular formula is C9H19O5P. The Balaban J connectivity index is 4.60. The molecule has 0 saturated carbocycles. The van der Waals surface area contributed by atoms with Gasteiger partial charge in [0.25, 0.3) is 0 Å². The molecule has 0 heterocycles. The van der Waals surface area contributed by atoms with Gasteiger partial charge in [-0.2, -0.15) is 0 Å². The average Bonchev–Trinajstić information content (AvgIpc) is 2.17. The topological polar surface area (TPSA) is 61.8 Å². The van der Waals surface area contributed by atoms with E-state index in [9.17, 15) is 9.36 Å². The molecule has 90 valence electrons. The summed E-state index contributed by atoms with van der Waals surface area (Å²) in [7, 11) is -3.37. The molecule has 0 aliphatic heterocycles. The minimum absolute atomic E-state index is 0.237. The number of hydrogen-bond donors (Lipinski definition) is 0. The number of esters is 1. The van der Waals surface area contributed by atoms with Crippen LogP contribution in [0.1, 0.15) is 27.7 Å². The fraction of sp³-hybridized carbons (Fsp3) is 0.889. The van der Waals surface area contributed by atoms with Crippen molar-refractivity contribution in [2.75, 3.05) is 19.8 Å². The first kappa shape index (κ1) is 14.6. The van der Waals surface area contributed by atoms with Crippen molar-refractivity contribution in [2.45, 2.75) is 33.4 Å². The summed E-state index contributed by atoms with van der Waals surface area (Å²) in [5.41, 5.74) is -0.877. The van der Waals surface area contributed by atoms with Gasteiger partial charge in [0.15, 0.2) is 5.66 Å². The first-order valence-corrected chi connectivity index (χ1v) is 6.68. The third-order valence-electron chi connectivity index (χ3n) is 1.72. The molecule has 5 nitrogen and oxygen atoms in total. The van der Waals surface area contributed by atoms with Crippen LogP contribution in [-0.2, 0) is 23.1 Å². The Morgan fingerprint density at radius 2 is 1.60 bits per heavy atom. The third-order valence-corrected chi connectivity index (χ3v) is 4.12. The second-order valence-electron chi connectivity index (χ2n) is 2.80. The second kappa shape index (κ2) is 6.99. The maximum absolute atomic E-state index is 12.1. The third kappa shape index (κ3) is 4.33. The lowest BCUT2D eigenvalue weighted by Crippen LogP contribution is -2.22. The monoisotopic (exact) mass is 238 g/mol. The van der Waals surface area contributed by atoms with Gasteiger partial charge in [-0.3, -0.25) is 9.36 Å². The van der Waals surface area contributed by atoms with Gasteiger partial charge < -0.3 is 13.8 Å². The Hall–Kier alpha value is -0.380. The fourth-order valence-electron chi connectivity index (χ4n) is 1.01. The van der Waals surface area contributed by atoms with Crippen molar-refractivity contribution in [1.29, 1.82) is 0 Å². The molecule has 0 N–H and O–H groups in total. The smallest absolute Gasteiger partial charge is 0.344 e. The van der Waals surface area contributed by atoms with Crippen LogP contribution in [0.15, 0.2) is 0 Å². The number of ether oxygens (including phenoxy) is 1. The highest BCUT2D eigenvalue weighted by molar-refractivity contribution is 7.55. The van der Waals surface area contributed by atoms with Gasteiger partial charge in [0.2, 0.25) is 0 Å². The highest BCUT2D eigenvalue weighted by Gasteiger charge is 2.38. The highest BCUT2D eigenvalue weighted by Crippen LogP contribution is 2.53. The zero-order chi connectivity index (χ0) is 11.9. The summed E-state index contributed by atoms with van der Waals surface area (Å²) < 4.78 is 26.9. The molecule has 0 amide bonds. The largest absolute Gasteiger partial charge is 0.465 e. The lowest BCUT2D eigenvalue weighted by Gasteiger charge is -2.21. The number of rotatable bonds is 7. The number of carbonyl (C=O) groups excluding carboxylic acids is 1. The molecular weight excluding hydrogens is 219 g/mol. The molecule has 0 radical (unpaired) electrons. The molecule has 0 bridgehead atoms. The number of hydrogen-bond acceptors (Lipinski definition) is 5. The predicted molar refractivity (Wildman–Crippen MR) is 57.0 cm³/mol. The van der Waals surface area contributed by atoms with Gasteiger partial charge in [-0.25, -0.2) is 0 Å². The van der Waals surface area contributed by atoms with Crippen molar-refractivity contribution in [3.63, 3.8) is 0 Å². The summed E-state index contributed by atoms with van der Waals surface area (Å²) in [5.74, 6) is -0.553. The van der Waals surface area contributed by atoms with Crippen LogP contribution < -0.4 is 0 Å². The van der Waals surface area contributed by atoms with Gasteiger partial charge in [-0.1, -0.05) is 0 Å². The van der Waals surface area contributed by atoms with E-state index in [0.29, 0.717) is 0 Å². The molecule has 6 heteroatoms. The van der Waals surface area contributed by atoms with Crippen LogP contribution >= 0.6 is 7.60 Å². The lowest BCUT2D eigenvalue weighted by atomic mass is 10.5. The summed E-state index contributed by atoms with van der Waals surface area (Å²) in [6.45, 7) is 7.30. The molecule has 0 aromatic carbocycles. The molecule has 0 saturated heterocycles. The zero-order valence-corrected chi connectivity index (χ0v) is 10.6. The maximum Gasteiger partial charge on any atom is 0.344 e. The van der Waals surface area contributed by atoms with E-state index in [1.165, 1.54) is 6.92 Å². The van der Waals surface area contributed by atoms with Crippen LogP contribution in [0.5, 0.6) is 0 Å². The fourth-order valence-corrected chi connectivity index (χ4v) is 2.59. The Labute approximate surface area is 90.6 Å². The first-order valence-electron chi connectivity index (χ1n) is 5.07. The van der Waals surface area contributed by atoms with Crippen molar-refractivity contribution >= 4 is 13.6 Å². The van der Waals surface area contributed by atoms with Crippen molar-refractivity contribution in [1.82, 2.24) is 0 Å². The van der Waals surface area contributed by atoms with Crippen LogP contribution in [-0.4, -0.2) is 31.4 Å². The van der Waals surface area contributed by atoms with Crippen molar-refractivity contribution < 1.29 is 23.1 Å². The van der Waals surface area contributed by atoms with Gasteiger partial charge in [-0.05, 0) is 27.7 Å². The van der Waals surface area contributed by atoms with Crippen molar-refractivity contribution in [3.8, 4) is 0 Å². The summed E-state index contributed by atoms with van der Waals surface area (Å²) >= 11 is 0. The minimum Gasteiger partial charge on any atom is -0.465 e. The van der Waals surface area contributed by atoms with Gasteiger partial charge in [0.05, 0.1) is 19.8 Å². The summed E-state index contributed by atoms with van der Waals surface area (Å²) in [6, 6.07) is 0. The Kier molecular flexibility index (Phi) is 6.81. The maximum atomic E-state index is 12.1. The molecule has 0 aromatic rings. The van der Waals surface area contributed by atoms with Crippen LogP contribution in [0, 0.1) is 0 Å². The van der Waals surface area contributed by atoms with Gasteiger partial charge >= 0.3 is 13.6 Å². The summed E-state index contributed by atoms with van der Waals surface area (Å²) in [6.07, 6.45) is 0. The average molecular weight is 238 g/mol. The molecule has 15 heavy (non-hydrogen) atoms. The van der Waals surface area contributed by atoms with Crippen LogP contribution in [0.3, 0.4) is 0 Å². The summed E-state index contributed by atoms with van der Waals surface area (Å²) in [4.78, 5) is 11.4. The van der Waals surface area contributed by atoms with Crippen LogP contribution in [0.4, 0.5) is 0 Å². The van der Waals surface area contributed by atoms with E-state index in [2.05, 4.69) is 0 Å².